The van der Waals surface area contributed by atoms with Crippen LogP contribution in [0.2, 0.25) is 0 Å². The second-order valence-corrected chi connectivity index (χ2v) is 7.05. The van der Waals surface area contributed by atoms with Crippen LogP contribution >= 0.6 is 0 Å². The monoisotopic (exact) mass is 314 g/mol. The standard InChI is InChI=1S/C14H22N2O4S/c1-4-9-16(10-12-7-5-6-8-13(12)17)14(18)11-15(2)21(3,19)20/h5-8,17H,4,9-11H2,1-3H3. The molecule has 0 heterocycles. The molecule has 0 fully saturated rings. The first-order chi connectivity index (χ1) is 9.75. The van der Waals surface area contributed by atoms with Gasteiger partial charge >= 0.3 is 0 Å². The van der Waals surface area contributed by atoms with Crippen molar-refractivity contribution in [3.8, 4) is 5.75 Å². The molecular formula is C14H22N2O4S. The van der Waals surface area contributed by atoms with Gasteiger partial charge in [-0.2, -0.15) is 4.31 Å². The Morgan fingerprint density at radius 2 is 1.90 bits per heavy atom. The fourth-order valence-electron chi connectivity index (χ4n) is 1.82. The van der Waals surface area contributed by atoms with Crippen LogP contribution < -0.4 is 0 Å². The topological polar surface area (TPSA) is 77.9 Å². The van der Waals surface area contributed by atoms with E-state index in [1.165, 1.54) is 7.05 Å². The number of carbonyl (C=O) groups is 1. The third-order valence-corrected chi connectivity index (χ3v) is 4.38. The predicted molar refractivity (Wildman–Crippen MR) is 81.3 cm³/mol. The van der Waals surface area contributed by atoms with E-state index in [1.54, 1.807) is 29.2 Å². The molecule has 1 aromatic rings. The highest BCUT2D eigenvalue weighted by Gasteiger charge is 2.20. The van der Waals surface area contributed by atoms with E-state index in [-0.39, 0.29) is 24.7 Å². The van der Waals surface area contributed by atoms with E-state index in [4.69, 9.17) is 0 Å². The Kier molecular flexibility index (Phi) is 6.17. The van der Waals surface area contributed by atoms with Crippen LogP contribution in [0.3, 0.4) is 0 Å². The average Bonchev–Trinajstić information content (AvgIpc) is 2.39. The van der Waals surface area contributed by atoms with Crippen molar-refractivity contribution in [3.05, 3.63) is 29.8 Å². The SMILES string of the molecule is CCCN(Cc1ccccc1O)C(=O)CN(C)S(C)(=O)=O. The normalized spacial score (nSPS) is 11.6. The maximum absolute atomic E-state index is 12.2. The molecule has 0 radical (unpaired) electrons. The van der Waals surface area contributed by atoms with Gasteiger partial charge in [-0.3, -0.25) is 4.79 Å². The summed E-state index contributed by atoms with van der Waals surface area (Å²) in [6, 6.07) is 6.80. The quantitative estimate of drug-likeness (QED) is 0.815. The molecule has 0 saturated heterocycles. The molecule has 1 amide bonds. The Balaban J connectivity index is 2.82. The Morgan fingerprint density at radius 1 is 1.29 bits per heavy atom. The van der Waals surface area contributed by atoms with Gasteiger partial charge in [0.1, 0.15) is 5.75 Å². The first-order valence-electron chi connectivity index (χ1n) is 6.71. The highest BCUT2D eigenvalue weighted by molar-refractivity contribution is 7.88. The van der Waals surface area contributed by atoms with Crippen molar-refractivity contribution < 1.29 is 18.3 Å². The molecular weight excluding hydrogens is 292 g/mol. The third-order valence-electron chi connectivity index (χ3n) is 3.12. The second-order valence-electron chi connectivity index (χ2n) is 4.96. The maximum Gasteiger partial charge on any atom is 0.238 e. The number of nitrogens with zero attached hydrogens (tertiary/aromatic N) is 2. The van der Waals surface area contributed by atoms with Crippen LogP contribution in [0.1, 0.15) is 18.9 Å². The lowest BCUT2D eigenvalue weighted by Gasteiger charge is -2.25. The molecule has 1 rings (SSSR count). The summed E-state index contributed by atoms with van der Waals surface area (Å²) in [4.78, 5) is 13.8. The van der Waals surface area contributed by atoms with Gasteiger partial charge in [-0.05, 0) is 12.5 Å². The third kappa shape index (κ3) is 5.35. The maximum atomic E-state index is 12.2. The van der Waals surface area contributed by atoms with Crippen molar-refractivity contribution in [2.24, 2.45) is 0 Å². The number of phenols is 1. The molecule has 6 nitrogen and oxygen atoms in total. The van der Waals surface area contributed by atoms with Gasteiger partial charge in [0, 0.05) is 25.7 Å². The molecule has 0 bridgehead atoms. The summed E-state index contributed by atoms with van der Waals surface area (Å²) in [5.74, 6) is -0.157. The smallest absolute Gasteiger partial charge is 0.238 e. The molecule has 0 aromatic heterocycles. The van der Waals surface area contributed by atoms with Crippen LogP contribution in [0.25, 0.3) is 0 Å². The second kappa shape index (κ2) is 7.42. The van der Waals surface area contributed by atoms with Gasteiger partial charge in [-0.1, -0.05) is 25.1 Å². The van der Waals surface area contributed by atoms with Gasteiger partial charge in [0.2, 0.25) is 15.9 Å². The molecule has 1 aromatic carbocycles. The fraction of sp³-hybridized carbons (Fsp3) is 0.500. The largest absolute Gasteiger partial charge is 0.508 e. The molecule has 0 atom stereocenters. The average molecular weight is 314 g/mol. The first-order valence-corrected chi connectivity index (χ1v) is 8.56. The zero-order valence-electron chi connectivity index (χ0n) is 12.6. The summed E-state index contributed by atoms with van der Waals surface area (Å²) in [6.07, 6.45) is 1.81. The van der Waals surface area contributed by atoms with Crippen LogP contribution in [-0.4, -0.2) is 55.0 Å². The Labute approximate surface area is 126 Å². The van der Waals surface area contributed by atoms with Crippen molar-refractivity contribution in [1.82, 2.24) is 9.21 Å². The molecule has 1 N–H and O–H groups in total. The van der Waals surface area contributed by atoms with Crippen LogP contribution in [0.4, 0.5) is 0 Å². The highest BCUT2D eigenvalue weighted by atomic mass is 32.2. The highest BCUT2D eigenvalue weighted by Crippen LogP contribution is 2.18. The Bertz CT molecular complexity index is 586. The summed E-state index contributed by atoms with van der Waals surface area (Å²) in [5, 5.41) is 9.78. The zero-order valence-corrected chi connectivity index (χ0v) is 13.4. The molecule has 21 heavy (non-hydrogen) atoms. The minimum atomic E-state index is -3.39. The molecule has 0 aliphatic carbocycles. The zero-order chi connectivity index (χ0) is 16.0. The summed E-state index contributed by atoms with van der Waals surface area (Å²) in [7, 11) is -2.02. The summed E-state index contributed by atoms with van der Waals surface area (Å²) in [6.45, 7) is 2.50. The van der Waals surface area contributed by atoms with E-state index in [2.05, 4.69) is 0 Å². The molecule has 0 spiro atoms. The lowest BCUT2D eigenvalue weighted by Crippen LogP contribution is -2.40. The van der Waals surface area contributed by atoms with E-state index in [1.807, 2.05) is 6.92 Å². The Morgan fingerprint density at radius 3 is 2.43 bits per heavy atom. The van der Waals surface area contributed by atoms with Gasteiger partial charge in [-0.25, -0.2) is 8.42 Å². The number of benzene rings is 1. The van der Waals surface area contributed by atoms with Crippen LogP contribution in [0.5, 0.6) is 5.75 Å². The van der Waals surface area contributed by atoms with Gasteiger partial charge in [0.05, 0.1) is 12.8 Å². The van der Waals surface area contributed by atoms with E-state index >= 15 is 0 Å². The van der Waals surface area contributed by atoms with E-state index in [0.29, 0.717) is 12.1 Å². The summed E-state index contributed by atoms with van der Waals surface area (Å²) < 4.78 is 23.8. The number of carbonyl (C=O) groups excluding carboxylic acids is 1. The number of likely N-dealkylation sites (N-methyl/N-ethyl adjacent to an activating group) is 1. The van der Waals surface area contributed by atoms with Crippen molar-refractivity contribution in [2.45, 2.75) is 19.9 Å². The van der Waals surface area contributed by atoms with E-state index in [9.17, 15) is 18.3 Å². The minimum absolute atomic E-state index is 0.128. The van der Waals surface area contributed by atoms with Gasteiger partial charge in [0.15, 0.2) is 0 Å². The number of amides is 1. The first kappa shape index (κ1) is 17.5. The van der Waals surface area contributed by atoms with Crippen LogP contribution in [0, 0.1) is 0 Å². The fourth-order valence-corrected chi connectivity index (χ4v) is 2.16. The van der Waals surface area contributed by atoms with Crippen molar-refractivity contribution in [3.63, 3.8) is 0 Å². The molecule has 0 aliphatic heterocycles. The Hall–Kier alpha value is -1.60. The lowest BCUT2D eigenvalue weighted by atomic mass is 10.2. The number of phenolic OH excluding ortho intramolecular Hbond substituents is 1. The van der Waals surface area contributed by atoms with Crippen molar-refractivity contribution in [2.75, 3.05) is 26.4 Å². The molecule has 118 valence electrons. The van der Waals surface area contributed by atoms with Crippen LogP contribution in [-0.2, 0) is 21.4 Å². The van der Waals surface area contributed by atoms with E-state index in [0.717, 1.165) is 17.0 Å². The predicted octanol–water partition coefficient (Wildman–Crippen LogP) is 1.02. The number of para-hydroxylation sites is 1. The molecule has 7 heteroatoms. The van der Waals surface area contributed by atoms with Crippen molar-refractivity contribution >= 4 is 15.9 Å². The number of rotatable bonds is 7. The van der Waals surface area contributed by atoms with Gasteiger partial charge in [-0.15, -0.1) is 0 Å². The van der Waals surface area contributed by atoms with Gasteiger partial charge in [0.25, 0.3) is 0 Å². The van der Waals surface area contributed by atoms with Gasteiger partial charge < -0.3 is 10.0 Å². The van der Waals surface area contributed by atoms with Crippen LogP contribution in [0.15, 0.2) is 24.3 Å². The summed E-state index contributed by atoms with van der Waals surface area (Å²) in [5.41, 5.74) is 0.640. The lowest BCUT2D eigenvalue weighted by molar-refractivity contribution is -0.131. The van der Waals surface area contributed by atoms with Crippen molar-refractivity contribution in [1.29, 1.82) is 0 Å². The number of hydrogen-bond donors (Lipinski definition) is 1. The molecule has 0 aliphatic rings. The number of sulfonamides is 1. The van der Waals surface area contributed by atoms with E-state index < -0.39 is 10.0 Å². The minimum Gasteiger partial charge on any atom is -0.508 e. The number of aromatic hydroxyl groups is 1. The molecule has 0 saturated carbocycles. The number of hydrogen-bond acceptors (Lipinski definition) is 4. The summed E-state index contributed by atoms with van der Waals surface area (Å²) >= 11 is 0. The molecule has 0 unspecified atom stereocenters.